The van der Waals surface area contributed by atoms with Crippen LogP contribution < -0.4 is 21.5 Å². The molecule has 1 aliphatic heterocycles. The Morgan fingerprint density at radius 1 is 1.05 bits per heavy atom. The van der Waals surface area contributed by atoms with Crippen molar-refractivity contribution in [2.75, 3.05) is 29.0 Å². The van der Waals surface area contributed by atoms with E-state index in [-0.39, 0.29) is 11.2 Å². The molecule has 2 fully saturated rings. The zero-order valence-electron chi connectivity index (χ0n) is 23.6. The standard InChI is InChI=1S/C28H30F2N6O2.C2H6/c1-27(2,3)32-15-17-20(31)7-8-21(24(17)35-14-13-28(16-35)11-12-28)33-26(38)22-9-10-23(37)36(34-22)25-18(29)5-4-6-19(25)30;1-2/h4-10,15H,11-14,16,31H2,1-3H3,(H,33,38);1-2H3. The van der Waals surface area contributed by atoms with E-state index in [1.54, 1.807) is 18.3 Å². The van der Waals surface area contributed by atoms with Crippen molar-refractivity contribution < 1.29 is 13.6 Å². The second kappa shape index (κ2) is 11.2. The molecule has 0 atom stereocenters. The molecule has 8 nitrogen and oxygen atoms in total. The van der Waals surface area contributed by atoms with E-state index < -0.39 is 28.8 Å². The van der Waals surface area contributed by atoms with Gasteiger partial charge in [-0.1, -0.05) is 19.9 Å². The minimum atomic E-state index is -0.969. The molecule has 212 valence electrons. The molecular weight excluding hydrogens is 514 g/mol. The number of hydrogen-bond donors (Lipinski definition) is 2. The van der Waals surface area contributed by atoms with Crippen LogP contribution in [0.15, 0.2) is 52.3 Å². The van der Waals surface area contributed by atoms with E-state index in [9.17, 15) is 18.4 Å². The van der Waals surface area contributed by atoms with Crippen molar-refractivity contribution in [2.45, 2.75) is 59.4 Å². The summed E-state index contributed by atoms with van der Waals surface area (Å²) in [7, 11) is 0. The van der Waals surface area contributed by atoms with E-state index >= 15 is 0 Å². The lowest BCUT2D eigenvalue weighted by atomic mass is 10.1. The van der Waals surface area contributed by atoms with Crippen LogP contribution >= 0.6 is 0 Å². The van der Waals surface area contributed by atoms with Gasteiger partial charge in [0, 0.05) is 36.6 Å². The predicted octanol–water partition coefficient (Wildman–Crippen LogP) is 5.58. The van der Waals surface area contributed by atoms with Crippen LogP contribution in [0.3, 0.4) is 0 Å². The summed E-state index contributed by atoms with van der Waals surface area (Å²) in [6.07, 6.45) is 5.16. The highest BCUT2D eigenvalue weighted by molar-refractivity contribution is 6.08. The molecule has 1 aliphatic carbocycles. The van der Waals surface area contributed by atoms with Gasteiger partial charge in [0.2, 0.25) is 0 Å². The van der Waals surface area contributed by atoms with Gasteiger partial charge in [-0.05, 0) is 75.8 Å². The van der Waals surface area contributed by atoms with Gasteiger partial charge in [-0.3, -0.25) is 14.6 Å². The maximum Gasteiger partial charge on any atom is 0.276 e. The van der Waals surface area contributed by atoms with Crippen LogP contribution in [0.1, 0.15) is 69.9 Å². The van der Waals surface area contributed by atoms with Gasteiger partial charge in [0.1, 0.15) is 11.4 Å². The quantitative estimate of drug-likeness (QED) is 0.319. The second-order valence-corrected chi connectivity index (χ2v) is 11.1. The fraction of sp³-hybridized carbons (Fsp3) is 0.400. The SMILES string of the molecule is CC.CC(C)(C)N=Cc1c(N)ccc(NC(=O)c2ccc(=O)n(-c3c(F)cccc3F)n2)c1N1CCC2(CC2)C1. The molecule has 2 heterocycles. The summed E-state index contributed by atoms with van der Waals surface area (Å²) in [5.41, 5.74) is 7.29. The Bertz CT molecular complexity index is 1480. The summed E-state index contributed by atoms with van der Waals surface area (Å²) in [4.78, 5) is 32.6. The second-order valence-electron chi connectivity index (χ2n) is 11.1. The molecule has 2 aromatic carbocycles. The summed E-state index contributed by atoms with van der Waals surface area (Å²) in [5.74, 6) is -2.58. The van der Waals surface area contributed by atoms with Gasteiger partial charge < -0.3 is 16.0 Å². The molecule has 10 heteroatoms. The van der Waals surface area contributed by atoms with E-state index in [1.807, 2.05) is 34.6 Å². The first-order chi connectivity index (χ1) is 19.0. The molecule has 0 bridgehead atoms. The first kappa shape index (κ1) is 28.9. The lowest BCUT2D eigenvalue weighted by Crippen LogP contribution is -2.28. The van der Waals surface area contributed by atoms with Crippen molar-refractivity contribution in [1.82, 2.24) is 9.78 Å². The predicted molar refractivity (Wildman–Crippen MR) is 156 cm³/mol. The number of nitrogens with one attached hydrogen (secondary N) is 1. The molecule has 5 rings (SSSR count). The van der Waals surface area contributed by atoms with Crippen molar-refractivity contribution in [3.05, 3.63) is 75.7 Å². The molecule has 1 amide bonds. The van der Waals surface area contributed by atoms with Crippen LogP contribution in [0.25, 0.3) is 5.69 Å². The minimum absolute atomic E-state index is 0.181. The lowest BCUT2D eigenvalue weighted by Gasteiger charge is -2.26. The van der Waals surface area contributed by atoms with Gasteiger partial charge in [0.25, 0.3) is 11.5 Å². The Hall–Kier alpha value is -4.08. The number of aromatic nitrogens is 2. The van der Waals surface area contributed by atoms with Crippen molar-refractivity contribution >= 4 is 29.2 Å². The Labute approximate surface area is 232 Å². The third-order valence-electron chi connectivity index (χ3n) is 6.97. The number of carbonyl (C=O) groups excluding carboxylic acids is 1. The Morgan fingerprint density at radius 2 is 1.73 bits per heavy atom. The van der Waals surface area contributed by atoms with Crippen molar-refractivity contribution in [3.63, 3.8) is 0 Å². The van der Waals surface area contributed by atoms with Gasteiger partial charge in [-0.25, -0.2) is 8.78 Å². The molecule has 0 radical (unpaired) electrons. The van der Waals surface area contributed by atoms with Gasteiger partial charge >= 0.3 is 0 Å². The normalized spacial score (nSPS) is 15.7. The van der Waals surface area contributed by atoms with Gasteiger partial charge in [0.05, 0.1) is 16.9 Å². The molecule has 1 saturated heterocycles. The van der Waals surface area contributed by atoms with Crippen molar-refractivity contribution in [2.24, 2.45) is 10.4 Å². The fourth-order valence-electron chi connectivity index (χ4n) is 4.74. The number of para-hydroxylation sites is 1. The number of nitrogens with two attached hydrogens (primary N) is 1. The Kier molecular flexibility index (Phi) is 8.09. The number of amides is 1. The zero-order valence-corrected chi connectivity index (χ0v) is 23.6. The maximum atomic E-state index is 14.4. The van der Waals surface area contributed by atoms with E-state index in [2.05, 4.69) is 20.3 Å². The van der Waals surface area contributed by atoms with E-state index in [1.165, 1.54) is 25.0 Å². The van der Waals surface area contributed by atoms with Crippen molar-refractivity contribution in [1.29, 1.82) is 0 Å². The largest absolute Gasteiger partial charge is 0.398 e. The zero-order chi connectivity index (χ0) is 29.2. The van der Waals surface area contributed by atoms with E-state index in [4.69, 9.17) is 5.73 Å². The van der Waals surface area contributed by atoms with Crippen LogP contribution in [0.5, 0.6) is 0 Å². The number of anilines is 3. The molecule has 3 aromatic rings. The first-order valence-corrected chi connectivity index (χ1v) is 13.6. The number of carbonyl (C=O) groups is 1. The summed E-state index contributed by atoms with van der Waals surface area (Å²) < 4.78 is 29.3. The number of benzene rings is 2. The maximum absolute atomic E-state index is 14.4. The first-order valence-electron chi connectivity index (χ1n) is 13.6. The van der Waals surface area contributed by atoms with Crippen LogP contribution in [0, 0.1) is 17.0 Å². The highest BCUT2D eigenvalue weighted by atomic mass is 19.1. The third-order valence-corrected chi connectivity index (χ3v) is 6.97. The summed E-state index contributed by atoms with van der Waals surface area (Å²) in [6.45, 7) is 11.6. The molecule has 1 spiro atoms. The van der Waals surface area contributed by atoms with E-state index in [0.29, 0.717) is 27.0 Å². The van der Waals surface area contributed by atoms with E-state index in [0.717, 1.165) is 43.4 Å². The van der Waals surface area contributed by atoms with Crippen molar-refractivity contribution in [3.8, 4) is 5.69 Å². The topological polar surface area (TPSA) is 106 Å². The van der Waals surface area contributed by atoms with Gasteiger partial charge in [-0.15, -0.1) is 0 Å². The monoisotopic (exact) mass is 550 g/mol. The molecule has 1 aromatic heterocycles. The van der Waals surface area contributed by atoms with Crippen LogP contribution in [-0.2, 0) is 0 Å². The number of nitrogen functional groups attached to an aromatic ring is 1. The molecule has 0 unspecified atom stereocenters. The molecule has 1 saturated carbocycles. The number of nitrogens with zero attached hydrogens (tertiary/aromatic N) is 4. The van der Waals surface area contributed by atoms with Crippen LogP contribution in [0.4, 0.5) is 25.8 Å². The summed E-state index contributed by atoms with van der Waals surface area (Å²) in [6, 6.07) is 8.92. The smallest absolute Gasteiger partial charge is 0.276 e. The molecular formula is C30H36F2N6O2. The number of aliphatic imine (C=N–C) groups is 1. The molecule has 40 heavy (non-hydrogen) atoms. The van der Waals surface area contributed by atoms with Crippen LogP contribution in [0.2, 0.25) is 0 Å². The van der Waals surface area contributed by atoms with Crippen LogP contribution in [-0.4, -0.2) is 40.5 Å². The number of hydrogen-bond acceptors (Lipinski definition) is 6. The van der Waals surface area contributed by atoms with Gasteiger partial charge in [0.15, 0.2) is 11.6 Å². The lowest BCUT2D eigenvalue weighted by molar-refractivity contribution is 0.102. The fourth-order valence-corrected chi connectivity index (χ4v) is 4.74. The van der Waals surface area contributed by atoms with Gasteiger partial charge in [-0.2, -0.15) is 9.78 Å². The number of halogens is 2. The number of rotatable bonds is 5. The Balaban J connectivity index is 0.00000181. The summed E-state index contributed by atoms with van der Waals surface area (Å²) >= 11 is 0. The third kappa shape index (κ3) is 6.05. The molecule has 3 N–H and O–H groups in total. The Morgan fingerprint density at radius 3 is 2.33 bits per heavy atom. The molecule has 2 aliphatic rings. The highest BCUT2D eigenvalue weighted by Gasteiger charge is 2.48. The highest BCUT2D eigenvalue weighted by Crippen LogP contribution is 2.54. The minimum Gasteiger partial charge on any atom is -0.398 e. The average Bonchev–Trinajstić information content (AvgIpc) is 3.54. The average molecular weight is 551 g/mol. The summed E-state index contributed by atoms with van der Waals surface area (Å²) in [5, 5.41) is 6.86.